The highest BCUT2D eigenvalue weighted by Gasteiger charge is 2.45. The van der Waals surface area contributed by atoms with Gasteiger partial charge < -0.3 is 4.90 Å². The third-order valence-electron chi connectivity index (χ3n) is 13.0. The van der Waals surface area contributed by atoms with Crippen LogP contribution in [0, 0.1) is 0 Å². The maximum absolute atomic E-state index is 2.48. The predicted octanol–water partition coefficient (Wildman–Crippen LogP) is 16.9. The molecular weight excluding hydrogens is 779 g/mol. The maximum atomic E-state index is 2.48. The molecule has 10 aromatic carbocycles. The summed E-state index contributed by atoms with van der Waals surface area (Å²) in [5.41, 5.74) is 17.7. The topological polar surface area (TPSA) is 3.24 Å². The van der Waals surface area contributed by atoms with Crippen molar-refractivity contribution in [3.63, 3.8) is 0 Å². The molecule has 1 nitrogen and oxygen atoms in total. The fourth-order valence-corrected chi connectivity index (χ4v) is 11.5. The quantitative estimate of drug-likeness (QED) is 0.148. The van der Waals surface area contributed by atoms with Crippen LogP contribution in [0.4, 0.5) is 17.1 Å². The molecule has 11 aromatic rings. The number of fused-ring (bicyclic) bond motifs is 6. The zero-order valence-electron chi connectivity index (χ0n) is 34.5. The van der Waals surface area contributed by atoms with E-state index in [1.54, 1.807) is 0 Å². The van der Waals surface area contributed by atoms with Crippen molar-refractivity contribution in [1.82, 2.24) is 0 Å². The molecule has 1 aromatic heterocycles. The van der Waals surface area contributed by atoms with E-state index in [0.717, 1.165) is 17.1 Å². The van der Waals surface area contributed by atoms with Gasteiger partial charge in [-0.2, -0.15) is 0 Å². The van der Waals surface area contributed by atoms with Crippen LogP contribution < -0.4 is 4.90 Å². The Morgan fingerprint density at radius 1 is 0.302 bits per heavy atom. The summed E-state index contributed by atoms with van der Waals surface area (Å²) < 4.78 is 2.64. The smallest absolute Gasteiger partial charge is 0.0713 e. The first-order valence-electron chi connectivity index (χ1n) is 21.7. The molecule has 0 aliphatic heterocycles. The molecule has 0 atom stereocenters. The zero-order chi connectivity index (χ0) is 41.7. The number of anilines is 3. The van der Waals surface area contributed by atoms with Crippen molar-refractivity contribution < 1.29 is 0 Å². The zero-order valence-corrected chi connectivity index (χ0v) is 35.3. The molecule has 1 heterocycles. The van der Waals surface area contributed by atoms with E-state index in [2.05, 4.69) is 254 Å². The second-order valence-corrected chi connectivity index (χ2v) is 17.4. The highest BCUT2D eigenvalue weighted by atomic mass is 32.1. The van der Waals surface area contributed by atoms with Crippen LogP contribution >= 0.6 is 11.3 Å². The summed E-state index contributed by atoms with van der Waals surface area (Å²) in [7, 11) is 0. The van der Waals surface area contributed by atoms with Gasteiger partial charge in [-0.1, -0.05) is 218 Å². The lowest BCUT2D eigenvalue weighted by molar-refractivity contribution is 0.768. The van der Waals surface area contributed by atoms with Gasteiger partial charge in [-0.3, -0.25) is 0 Å². The van der Waals surface area contributed by atoms with Gasteiger partial charge in [0.15, 0.2) is 0 Å². The van der Waals surface area contributed by atoms with Gasteiger partial charge >= 0.3 is 0 Å². The lowest BCUT2D eigenvalue weighted by Gasteiger charge is -2.35. The number of thiophene rings is 1. The first-order chi connectivity index (χ1) is 31.3. The van der Waals surface area contributed by atoms with Gasteiger partial charge in [0.2, 0.25) is 0 Å². The highest BCUT2D eigenvalue weighted by Crippen LogP contribution is 2.56. The average Bonchev–Trinajstić information content (AvgIpc) is 3.90. The molecule has 1 aliphatic carbocycles. The van der Waals surface area contributed by atoms with Crippen LogP contribution in [0.25, 0.3) is 64.7 Å². The van der Waals surface area contributed by atoms with Crippen molar-refractivity contribution in [1.29, 1.82) is 0 Å². The van der Waals surface area contributed by atoms with E-state index < -0.39 is 5.41 Å². The molecule has 12 rings (SSSR count). The largest absolute Gasteiger partial charge is 0.309 e. The van der Waals surface area contributed by atoms with Crippen LogP contribution in [-0.4, -0.2) is 0 Å². The molecule has 0 spiro atoms. The van der Waals surface area contributed by atoms with Gasteiger partial charge in [0, 0.05) is 42.7 Å². The normalized spacial score (nSPS) is 12.6. The van der Waals surface area contributed by atoms with Crippen molar-refractivity contribution in [2.45, 2.75) is 5.41 Å². The molecule has 1 aliphatic rings. The predicted molar refractivity (Wildman–Crippen MR) is 268 cm³/mol. The first kappa shape index (κ1) is 37.0. The summed E-state index contributed by atoms with van der Waals surface area (Å²) in [5.74, 6) is 0. The number of benzene rings is 10. The van der Waals surface area contributed by atoms with Crippen molar-refractivity contribution >= 4 is 48.6 Å². The SMILES string of the molecule is c1ccc(-c2cccc(-c3ccccc3)c2N(c2ccc(-c3cccc4c3sc3ccccc34)cc2)c2ccc(C3(c4ccccc4)c4ccccc4-c4ccccc43)cc2)cc1. The van der Waals surface area contributed by atoms with E-state index in [1.807, 2.05) is 11.3 Å². The molecule has 0 saturated carbocycles. The minimum atomic E-state index is -0.482. The van der Waals surface area contributed by atoms with E-state index in [4.69, 9.17) is 0 Å². The Morgan fingerprint density at radius 2 is 0.730 bits per heavy atom. The summed E-state index contributed by atoms with van der Waals surface area (Å²) in [4.78, 5) is 2.48. The Kier molecular flexibility index (Phi) is 8.98. The molecule has 0 N–H and O–H groups in total. The van der Waals surface area contributed by atoms with Crippen LogP contribution in [0.3, 0.4) is 0 Å². The van der Waals surface area contributed by atoms with Gasteiger partial charge in [-0.25, -0.2) is 0 Å². The van der Waals surface area contributed by atoms with Crippen LogP contribution in [0.15, 0.2) is 249 Å². The number of nitrogens with zero attached hydrogens (tertiary/aromatic N) is 1. The molecule has 0 unspecified atom stereocenters. The van der Waals surface area contributed by atoms with Crippen LogP contribution in [-0.2, 0) is 5.41 Å². The number of rotatable bonds is 8. The van der Waals surface area contributed by atoms with Gasteiger partial charge in [0.1, 0.15) is 0 Å². The fourth-order valence-electron chi connectivity index (χ4n) is 10.2. The Balaban J connectivity index is 1.08. The lowest BCUT2D eigenvalue weighted by Crippen LogP contribution is -2.28. The van der Waals surface area contributed by atoms with E-state index in [1.165, 1.54) is 86.9 Å². The van der Waals surface area contributed by atoms with E-state index >= 15 is 0 Å². The summed E-state index contributed by atoms with van der Waals surface area (Å²) in [6.07, 6.45) is 0. The van der Waals surface area contributed by atoms with Crippen LogP contribution in [0.5, 0.6) is 0 Å². The molecule has 0 radical (unpaired) electrons. The van der Waals surface area contributed by atoms with Crippen LogP contribution in [0.2, 0.25) is 0 Å². The summed E-state index contributed by atoms with van der Waals surface area (Å²) in [5, 5.41) is 2.62. The van der Waals surface area contributed by atoms with Crippen molar-refractivity contribution in [2.24, 2.45) is 0 Å². The highest BCUT2D eigenvalue weighted by molar-refractivity contribution is 7.26. The minimum absolute atomic E-state index is 0.482. The van der Waals surface area contributed by atoms with Crippen LogP contribution in [0.1, 0.15) is 22.3 Å². The van der Waals surface area contributed by atoms with Gasteiger partial charge in [0.05, 0.1) is 11.1 Å². The molecular formula is C61H41NS. The molecule has 0 amide bonds. The maximum Gasteiger partial charge on any atom is 0.0713 e. The Hall–Kier alpha value is -7.78. The van der Waals surface area contributed by atoms with E-state index in [-0.39, 0.29) is 0 Å². The standard InChI is InChI=1S/C61H41NS/c1-4-18-42(19-5-1)49-27-16-28-50(43-20-6-2-7-21-43)59(49)62(47-38-34-44(35-39-47)51-29-17-30-55-54-26-12-15-33-58(54)63-60(51)55)48-40-36-46(37-41-48)61(45-22-8-3-9-23-45)56-31-13-10-24-52(56)53-25-11-14-32-57(53)61/h1-41H. The van der Waals surface area contributed by atoms with Crippen molar-refractivity contribution in [3.05, 3.63) is 271 Å². The Morgan fingerprint density at radius 3 is 1.35 bits per heavy atom. The monoisotopic (exact) mass is 819 g/mol. The molecule has 63 heavy (non-hydrogen) atoms. The third kappa shape index (κ3) is 5.98. The van der Waals surface area contributed by atoms with Gasteiger partial charge in [-0.05, 0) is 86.0 Å². The molecule has 2 heteroatoms. The molecule has 0 fully saturated rings. The minimum Gasteiger partial charge on any atom is -0.309 e. The summed E-state index contributed by atoms with van der Waals surface area (Å²) in [6.45, 7) is 0. The Labute approximate surface area is 372 Å². The summed E-state index contributed by atoms with van der Waals surface area (Å²) >= 11 is 1.88. The second-order valence-electron chi connectivity index (χ2n) is 16.4. The summed E-state index contributed by atoms with van der Waals surface area (Å²) in [6, 6.07) is 91.5. The lowest BCUT2D eigenvalue weighted by atomic mass is 9.67. The third-order valence-corrected chi connectivity index (χ3v) is 14.2. The first-order valence-corrected chi connectivity index (χ1v) is 22.5. The molecule has 296 valence electrons. The second kappa shape index (κ2) is 15.3. The van der Waals surface area contributed by atoms with Crippen molar-refractivity contribution in [2.75, 3.05) is 4.90 Å². The van der Waals surface area contributed by atoms with Gasteiger partial charge in [-0.15, -0.1) is 11.3 Å². The average molecular weight is 820 g/mol. The van der Waals surface area contributed by atoms with E-state index in [0.29, 0.717) is 0 Å². The number of hydrogen-bond acceptors (Lipinski definition) is 2. The van der Waals surface area contributed by atoms with Gasteiger partial charge in [0.25, 0.3) is 0 Å². The Bertz CT molecular complexity index is 3320. The molecule has 0 bridgehead atoms. The molecule has 0 saturated heterocycles. The van der Waals surface area contributed by atoms with Crippen molar-refractivity contribution in [3.8, 4) is 44.5 Å². The fraction of sp³-hybridized carbons (Fsp3) is 0.0164. The van der Waals surface area contributed by atoms with E-state index in [9.17, 15) is 0 Å². The number of hydrogen-bond donors (Lipinski definition) is 0. The number of para-hydroxylation sites is 1.